The number of hydrogen-bond acceptors (Lipinski definition) is 10. The Bertz CT molecular complexity index is 479. The van der Waals surface area contributed by atoms with Crippen LogP contribution in [0.15, 0.2) is 9.98 Å². The summed E-state index contributed by atoms with van der Waals surface area (Å²) in [6.45, 7) is -0.516. The zero-order chi connectivity index (χ0) is 14.0. The molecule has 3 heterocycles. The SMILES string of the molecule is NC1=N[C@H]2[C@H](CO)N=C(N)N3CC(O)C(O)(O)[C@]23N1. The molecule has 0 bridgehead atoms. The number of nitrogens with zero attached hydrogens (tertiary/aromatic N) is 3. The monoisotopic (exact) mass is 272 g/mol. The number of nitrogens with two attached hydrogens (primary N) is 2. The van der Waals surface area contributed by atoms with Gasteiger partial charge in [-0.25, -0.2) is 9.98 Å². The fraction of sp³-hybridized carbons (Fsp3) is 0.778. The number of aliphatic hydroxyl groups excluding tert-OH is 2. The van der Waals surface area contributed by atoms with Crippen molar-refractivity contribution < 1.29 is 20.4 Å². The van der Waals surface area contributed by atoms with Gasteiger partial charge in [0.05, 0.1) is 13.2 Å². The maximum atomic E-state index is 10.2. The van der Waals surface area contributed by atoms with Crippen LogP contribution in [0.5, 0.6) is 0 Å². The molecule has 0 aromatic rings. The van der Waals surface area contributed by atoms with Crippen molar-refractivity contribution in [3.05, 3.63) is 0 Å². The van der Waals surface area contributed by atoms with Crippen LogP contribution in [0.4, 0.5) is 0 Å². The lowest BCUT2D eigenvalue weighted by Crippen LogP contribution is -2.77. The molecule has 0 amide bonds. The van der Waals surface area contributed by atoms with Gasteiger partial charge in [0.25, 0.3) is 0 Å². The summed E-state index contributed by atoms with van der Waals surface area (Å²) < 4.78 is 0. The third kappa shape index (κ3) is 1.23. The van der Waals surface area contributed by atoms with Crippen molar-refractivity contribution in [3.63, 3.8) is 0 Å². The lowest BCUT2D eigenvalue weighted by molar-refractivity contribution is -0.257. The van der Waals surface area contributed by atoms with Crippen molar-refractivity contribution in [1.29, 1.82) is 0 Å². The molecular formula is C9H16N6O4. The van der Waals surface area contributed by atoms with E-state index in [1.54, 1.807) is 0 Å². The molecule has 3 rings (SSSR count). The molecule has 1 unspecified atom stereocenters. The van der Waals surface area contributed by atoms with E-state index in [-0.39, 0.29) is 25.1 Å². The maximum absolute atomic E-state index is 10.2. The summed E-state index contributed by atoms with van der Waals surface area (Å²) in [5.74, 6) is -2.58. The van der Waals surface area contributed by atoms with Crippen molar-refractivity contribution >= 4 is 11.9 Å². The van der Waals surface area contributed by atoms with Crippen LogP contribution in [0.1, 0.15) is 0 Å². The predicted molar refractivity (Wildman–Crippen MR) is 63.7 cm³/mol. The number of aliphatic hydroxyl groups is 4. The molecule has 1 spiro atoms. The van der Waals surface area contributed by atoms with E-state index in [1.165, 1.54) is 4.90 Å². The zero-order valence-corrected chi connectivity index (χ0v) is 9.93. The Morgan fingerprint density at radius 3 is 2.68 bits per heavy atom. The highest BCUT2D eigenvalue weighted by atomic mass is 16.5. The number of guanidine groups is 2. The maximum Gasteiger partial charge on any atom is 0.237 e. The topological polar surface area (TPSA) is 173 Å². The van der Waals surface area contributed by atoms with Gasteiger partial charge in [0.1, 0.15) is 18.2 Å². The van der Waals surface area contributed by atoms with E-state index in [1.807, 2.05) is 0 Å². The average Bonchev–Trinajstić information content (AvgIpc) is 2.78. The van der Waals surface area contributed by atoms with Gasteiger partial charge in [0.2, 0.25) is 5.79 Å². The van der Waals surface area contributed by atoms with Gasteiger partial charge in [-0.2, -0.15) is 0 Å². The summed E-state index contributed by atoms with van der Waals surface area (Å²) in [5, 5.41) is 42.4. The van der Waals surface area contributed by atoms with Crippen molar-refractivity contribution in [2.45, 2.75) is 29.6 Å². The molecule has 0 aromatic carbocycles. The molecule has 3 aliphatic rings. The first kappa shape index (κ1) is 12.4. The Hall–Kier alpha value is -1.62. The predicted octanol–water partition coefficient (Wildman–Crippen LogP) is -4.98. The average molecular weight is 272 g/mol. The second-order valence-corrected chi connectivity index (χ2v) is 4.94. The van der Waals surface area contributed by atoms with Crippen LogP contribution in [-0.2, 0) is 0 Å². The Labute approximate surface area is 108 Å². The van der Waals surface area contributed by atoms with Gasteiger partial charge in [-0.3, -0.25) is 0 Å². The van der Waals surface area contributed by atoms with Crippen LogP contribution in [-0.4, -0.2) is 80.0 Å². The van der Waals surface area contributed by atoms with E-state index in [4.69, 9.17) is 11.5 Å². The summed E-state index contributed by atoms with van der Waals surface area (Å²) in [6, 6.07) is -1.63. The molecule has 0 radical (unpaired) electrons. The normalized spacial score (nSPS) is 43.2. The standard InChI is InChI=1S/C9H16N6O4/c10-6-13-5-3(2-16)12-7(11)15-1-4(17)9(18,19)8(5,15)14-6/h3-5,16-19H,1-2H2,(H2,11,12)(H3,10,13,14)/t3-,4?,5-,8-/m0/s1. The van der Waals surface area contributed by atoms with Gasteiger partial charge in [0, 0.05) is 0 Å². The lowest BCUT2D eigenvalue weighted by atomic mass is 9.86. The molecule has 10 nitrogen and oxygen atoms in total. The van der Waals surface area contributed by atoms with E-state index >= 15 is 0 Å². The van der Waals surface area contributed by atoms with Crippen LogP contribution in [0.25, 0.3) is 0 Å². The summed E-state index contributed by atoms with van der Waals surface area (Å²) in [5.41, 5.74) is 9.76. The number of hydrogen-bond donors (Lipinski definition) is 7. The van der Waals surface area contributed by atoms with E-state index in [9.17, 15) is 20.4 Å². The minimum absolute atomic E-state index is 0.0169. The van der Waals surface area contributed by atoms with Gasteiger partial charge in [-0.15, -0.1) is 0 Å². The number of rotatable bonds is 1. The molecule has 0 saturated carbocycles. The largest absolute Gasteiger partial charge is 0.394 e. The first-order chi connectivity index (χ1) is 8.84. The molecule has 19 heavy (non-hydrogen) atoms. The van der Waals surface area contributed by atoms with Crippen molar-refractivity contribution in [2.75, 3.05) is 13.2 Å². The fourth-order valence-electron chi connectivity index (χ4n) is 3.07. The second kappa shape index (κ2) is 3.48. The smallest absolute Gasteiger partial charge is 0.237 e. The van der Waals surface area contributed by atoms with Gasteiger partial charge in [-0.05, 0) is 0 Å². The third-order valence-corrected chi connectivity index (χ3v) is 3.96. The Kier molecular flexibility index (Phi) is 2.27. The lowest BCUT2D eigenvalue weighted by Gasteiger charge is -2.48. The van der Waals surface area contributed by atoms with Gasteiger partial charge in [0.15, 0.2) is 17.6 Å². The molecule has 106 valence electrons. The van der Waals surface area contributed by atoms with Crippen LogP contribution in [0, 0.1) is 0 Å². The van der Waals surface area contributed by atoms with Crippen LogP contribution in [0.3, 0.4) is 0 Å². The van der Waals surface area contributed by atoms with Crippen molar-refractivity contribution in [2.24, 2.45) is 21.5 Å². The quantitative estimate of drug-likeness (QED) is 0.232. The molecule has 1 fully saturated rings. The van der Waals surface area contributed by atoms with Crippen molar-refractivity contribution in [3.8, 4) is 0 Å². The molecule has 9 N–H and O–H groups in total. The number of aliphatic imine (C=N–C) groups is 2. The molecule has 4 atom stereocenters. The fourth-order valence-corrected chi connectivity index (χ4v) is 3.07. The second-order valence-electron chi connectivity index (χ2n) is 4.94. The summed E-state index contributed by atoms with van der Waals surface area (Å²) in [6.07, 6.45) is -1.48. The minimum Gasteiger partial charge on any atom is -0.394 e. The molecule has 1 saturated heterocycles. The summed E-state index contributed by atoms with van der Waals surface area (Å²) in [7, 11) is 0. The number of nitrogens with one attached hydrogen (secondary N) is 1. The van der Waals surface area contributed by atoms with E-state index < -0.39 is 29.6 Å². The molecule has 10 heteroatoms. The Balaban J connectivity index is 2.17. The van der Waals surface area contributed by atoms with Crippen molar-refractivity contribution in [1.82, 2.24) is 10.2 Å². The van der Waals surface area contributed by atoms with E-state index in [0.717, 1.165) is 0 Å². The van der Waals surface area contributed by atoms with E-state index in [2.05, 4.69) is 15.3 Å². The highest BCUT2D eigenvalue weighted by Gasteiger charge is 2.72. The summed E-state index contributed by atoms with van der Waals surface area (Å²) >= 11 is 0. The zero-order valence-electron chi connectivity index (χ0n) is 9.93. The van der Waals surface area contributed by atoms with Crippen LogP contribution < -0.4 is 16.8 Å². The highest BCUT2D eigenvalue weighted by molar-refractivity contribution is 5.87. The third-order valence-electron chi connectivity index (χ3n) is 3.96. The van der Waals surface area contributed by atoms with Gasteiger partial charge < -0.3 is 42.1 Å². The molecule has 0 aliphatic carbocycles. The minimum atomic E-state index is -2.53. The molecule has 3 aliphatic heterocycles. The first-order valence-corrected chi connectivity index (χ1v) is 5.80. The van der Waals surface area contributed by atoms with Crippen LogP contribution in [0.2, 0.25) is 0 Å². The van der Waals surface area contributed by atoms with Crippen LogP contribution >= 0.6 is 0 Å². The summed E-state index contributed by atoms with van der Waals surface area (Å²) in [4.78, 5) is 9.42. The first-order valence-electron chi connectivity index (χ1n) is 5.80. The van der Waals surface area contributed by atoms with Gasteiger partial charge >= 0.3 is 0 Å². The molecular weight excluding hydrogens is 256 g/mol. The van der Waals surface area contributed by atoms with Gasteiger partial charge in [-0.1, -0.05) is 0 Å². The van der Waals surface area contributed by atoms with E-state index in [0.29, 0.717) is 0 Å². The Morgan fingerprint density at radius 2 is 2.05 bits per heavy atom. The molecule has 0 aromatic heterocycles. The Morgan fingerprint density at radius 1 is 1.37 bits per heavy atom. The highest BCUT2D eigenvalue weighted by Crippen LogP contribution is 2.44.